The molecule has 0 amide bonds. The highest BCUT2D eigenvalue weighted by atomic mass is 35.5. The minimum atomic E-state index is 0.167. The molecule has 0 spiro atoms. The van der Waals surface area contributed by atoms with E-state index in [2.05, 4.69) is 137 Å². The standard InChI is InChI=1S/C41H26ClN3/c42-41-44-39(43-40(45-41)38-21-20-35-23-31(15-17-36(35)26-38)28-10-5-2-6-11-28)37-13-7-12-29(25-37)32-18-19-33-22-30(14-16-34(33)24-32)27-8-3-1-4-9-27/h1-26H. The first-order valence-corrected chi connectivity index (χ1v) is 15.3. The van der Waals surface area contributed by atoms with E-state index in [-0.39, 0.29) is 5.28 Å². The second-order valence-electron chi connectivity index (χ2n) is 11.1. The van der Waals surface area contributed by atoms with Gasteiger partial charge in [-0.15, -0.1) is 0 Å². The number of rotatable bonds is 5. The Kier molecular flexibility index (Phi) is 6.86. The Balaban J connectivity index is 1.11. The maximum absolute atomic E-state index is 6.47. The van der Waals surface area contributed by atoms with Crippen molar-refractivity contribution in [3.8, 4) is 56.2 Å². The summed E-state index contributed by atoms with van der Waals surface area (Å²) in [5, 5.41) is 4.83. The van der Waals surface area contributed by atoms with Gasteiger partial charge in [-0.2, -0.15) is 9.97 Å². The number of benzene rings is 7. The normalized spacial score (nSPS) is 11.2. The van der Waals surface area contributed by atoms with Gasteiger partial charge in [0.2, 0.25) is 5.28 Å². The first kappa shape index (κ1) is 26.9. The summed E-state index contributed by atoms with van der Waals surface area (Å²) in [6.07, 6.45) is 0. The molecule has 0 saturated carbocycles. The van der Waals surface area contributed by atoms with Gasteiger partial charge in [-0.3, -0.25) is 0 Å². The Morgan fingerprint density at radius 2 is 0.644 bits per heavy atom. The average Bonchev–Trinajstić information content (AvgIpc) is 3.11. The highest BCUT2D eigenvalue weighted by Gasteiger charge is 2.12. The molecule has 1 aromatic heterocycles. The summed E-state index contributed by atoms with van der Waals surface area (Å²) in [5.74, 6) is 1.09. The van der Waals surface area contributed by atoms with Gasteiger partial charge >= 0.3 is 0 Å². The molecule has 3 nitrogen and oxygen atoms in total. The maximum atomic E-state index is 6.47. The van der Waals surface area contributed by atoms with Crippen LogP contribution in [0.4, 0.5) is 0 Å². The van der Waals surface area contributed by atoms with Crippen LogP contribution in [0.2, 0.25) is 5.28 Å². The third-order valence-corrected chi connectivity index (χ3v) is 8.38. The van der Waals surface area contributed by atoms with Crippen LogP contribution in [0, 0.1) is 0 Å². The Morgan fingerprint density at radius 3 is 1.16 bits per heavy atom. The third kappa shape index (κ3) is 5.46. The molecule has 0 N–H and O–H groups in total. The van der Waals surface area contributed by atoms with E-state index >= 15 is 0 Å². The van der Waals surface area contributed by atoms with Crippen molar-refractivity contribution < 1.29 is 0 Å². The fourth-order valence-electron chi connectivity index (χ4n) is 5.88. The lowest BCUT2D eigenvalue weighted by atomic mass is 9.97. The van der Waals surface area contributed by atoms with Gasteiger partial charge in [-0.1, -0.05) is 127 Å². The molecule has 8 aromatic rings. The zero-order chi connectivity index (χ0) is 30.2. The molecule has 45 heavy (non-hydrogen) atoms. The molecule has 0 unspecified atom stereocenters. The summed E-state index contributed by atoms with van der Waals surface area (Å²) >= 11 is 6.47. The van der Waals surface area contributed by atoms with Crippen LogP contribution in [0.3, 0.4) is 0 Å². The predicted molar refractivity (Wildman–Crippen MR) is 187 cm³/mol. The topological polar surface area (TPSA) is 38.7 Å². The molecule has 0 fully saturated rings. The second-order valence-corrected chi connectivity index (χ2v) is 11.5. The number of nitrogens with zero attached hydrogens (tertiary/aromatic N) is 3. The fourth-order valence-corrected chi connectivity index (χ4v) is 6.04. The van der Waals surface area contributed by atoms with Crippen LogP contribution >= 0.6 is 11.6 Å². The van der Waals surface area contributed by atoms with Gasteiger partial charge in [-0.05, 0) is 96.9 Å². The van der Waals surface area contributed by atoms with E-state index in [1.807, 2.05) is 30.3 Å². The number of hydrogen-bond acceptors (Lipinski definition) is 3. The number of hydrogen-bond donors (Lipinski definition) is 0. The third-order valence-electron chi connectivity index (χ3n) is 8.22. The van der Waals surface area contributed by atoms with E-state index in [4.69, 9.17) is 16.6 Å². The van der Waals surface area contributed by atoms with Gasteiger partial charge in [0.15, 0.2) is 11.6 Å². The van der Waals surface area contributed by atoms with Crippen molar-refractivity contribution in [1.82, 2.24) is 15.0 Å². The van der Waals surface area contributed by atoms with E-state index in [0.29, 0.717) is 11.6 Å². The molecule has 0 atom stereocenters. The summed E-state index contributed by atoms with van der Waals surface area (Å²) in [5.41, 5.74) is 8.79. The zero-order valence-electron chi connectivity index (χ0n) is 24.2. The summed E-state index contributed by atoms with van der Waals surface area (Å²) in [6.45, 7) is 0. The Morgan fingerprint density at radius 1 is 0.289 bits per heavy atom. The molecular formula is C41H26ClN3. The number of aromatic nitrogens is 3. The predicted octanol–water partition coefficient (Wildman–Crippen LogP) is 11.2. The highest BCUT2D eigenvalue weighted by Crippen LogP contribution is 2.32. The van der Waals surface area contributed by atoms with Crippen LogP contribution in [0.5, 0.6) is 0 Å². The van der Waals surface area contributed by atoms with Crippen molar-refractivity contribution in [3.05, 3.63) is 163 Å². The second kappa shape index (κ2) is 11.5. The smallest absolute Gasteiger partial charge is 0.208 e. The van der Waals surface area contributed by atoms with E-state index in [1.165, 1.54) is 33.0 Å². The van der Waals surface area contributed by atoms with Gasteiger partial charge in [0.05, 0.1) is 0 Å². The molecule has 0 aliphatic heterocycles. The van der Waals surface area contributed by atoms with Gasteiger partial charge in [-0.25, -0.2) is 4.98 Å². The molecule has 0 aliphatic rings. The first-order valence-electron chi connectivity index (χ1n) is 14.9. The largest absolute Gasteiger partial charge is 0.226 e. The molecule has 1 heterocycles. The number of halogens is 1. The molecule has 4 heteroatoms. The van der Waals surface area contributed by atoms with Crippen LogP contribution in [0.1, 0.15) is 0 Å². The van der Waals surface area contributed by atoms with Gasteiger partial charge in [0.1, 0.15) is 0 Å². The summed E-state index contributed by atoms with van der Waals surface area (Å²) < 4.78 is 0. The van der Waals surface area contributed by atoms with Crippen LogP contribution in [0.15, 0.2) is 158 Å². The summed E-state index contributed by atoms with van der Waals surface area (Å²) in [7, 11) is 0. The van der Waals surface area contributed by atoms with E-state index < -0.39 is 0 Å². The van der Waals surface area contributed by atoms with Gasteiger partial charge in [0, 0.05) is 11.1 Å². The quantitative estimate of drug-likeness (QED) is 0.199. The molecule has 0 radical (unpaired) electrons. The van der Waals surface area contributed by atoms with Gasteiger partial charge in [0.25, 0.3) is 0 Å². The summed E-state index contributed by atoms with van der Waals surface area (Å²) in [4.78, 5) is 13.9. The van der Waals surface area contributed by atoms with Crippen LogP contribution in [0.25, 0.3) is 77.7 Å². The van der Waals surface area contributed by atoms with Crippen molar-refractivity contribution >= 4 is 33.1 Å². The van der Waals surface area contributed by atoms with Crippen molar-refractivity contribution in [2.24, 2.45) is 0 Å². The lowest BCUT2D eigenvalue weighted by Crippen LogP contribution is -1.97. The average molecular weight is 596 g/mol. The molecule has 212 valence electrons. The van der Waals surface area contributed by atoms with Crippen LogP contribution in [-0.4, -0.2) is 15.0 Å². The minimum Gasteiger partial charge on any atom is -0.208 e. The lowest BCUT2D eigenvalue weighted by molar-refractivity contribution is 1.07. The van der Waals surface area contributed by atoms with E-state index in [9.17, 15) is 0 Å². The minimum absolute atomic E-state index is 0.167. The van der Waals surface area contributed by atoms with Crippen molar-refractivity contribution in [2.75, 3.05) is 0 Å². The fraction of sp³-hybridized carbons (Fsp3) is 0. The van der Waals surface area contributed by atoms with Crippen molar-refractivity contribution in [2.45, 2.75) is 0 Å². The summed E-state index contributed by atoms with van der Waals surface area (Å²) in [6, 6.07) is 55.1. The monoisotopic (exact) mass is 595 g/mol. The SMILES string of the molecule is Clc1nc(-c2cccc(-c3ccc4cc(-c5ccccc5)ccc4c3)c2)nc(-c2ccc3cc(-c4ccccc4)ccc3c2)n1. The zero-order valence-corrected chi connectivity index (χ0v) is 25.0. The van der Waals surface area contributed by atoms with E-state index in [0.717, 1.165) is 33.0 Å². The number of fused-ring (bicyclic) bond motifs is 2. The molecule has 8 rings (SSSR count). The molecule has 0 bridgehead atoms. The van der Waals surface area contributed by atoms with Crippen LogP contribution in [-0.2, 0) is 0 Å². The van der Waals surface area contributed by atoms with Gasteiger partial charge < -0.3 is 0 Å². The Labute approximate surface area is 266 Å². The molecule has 7 aromatic carbocycles. The maximum Gasteiger partial charge on any atom is 0.226 e. The van der Waals surface area contributed by atoms with Crippen molar-refractivity contribution in [3.63, 3.8) is 0 Å². The molecule has 0 saturated heterocycles. The first-order chi connectivity index (χ1) is 22.2. The van der Waals surface area contributed by atoms with Crippen molar-refractivity contribution in [1.29, 1.82) is 0 Å². The Hall–Kier alpha value is -5.64. The highest BCUT2D eigenvalue weighted by molar-refractivity contribution is 6.28. The van der Waals surface area contributed by atoms with E-state index in [1.54, 1.807) is 0 Å². The molecular weight excluding hydrogens is 570 g/mol. The van der Waals surface area contributed by atoms with Crippen LogP contribution < -0.4 is 0 Å². The Bertz CT molecular complexity index is 2330. The molecule has 0 aliphatic carbocycles. The lowest BCUT2D eigenvalue weighted by Gasteiger charge is -2.10.